The highest BCUT2D eigenvalue weighted by Crippen LogP contribution is 2.32. The molecule has 5 nitrogen and oxygen atoms in total. The molecule has 1 fully saturated rings. The van der Waals surface area contributed by atoms with Gasteiger partial charge in [-0.15, -0.1) is 0 Å². The Morgan fingerprint density at radius 1 is 1.12 bits per heavy atom. The highest BCUT2D eigenvalue weighted by molar-refractivity contribution is 8.18. The molecule has 1 saturated heterocycles. The summed E-state index contributed by atoms with van der Waals surface area (Å²) in [6, 6.07) is 11.1. The van der Waals surface area contributed by atoms with Crippen LogP contribution < -0.4 is 5.32 Å². The van der Waals surface area contributed by atoms with Gasteiger partial charge in [0.05, 0.1) is 10.6 Å². The average molecular weight is 374 g/mol. The largest absolute Gasteiger partial charge is 0.322 e. The summed E-state index contributed by atoms with van der Waals surface area (Å²) < 4.78 is 26.8. The minimum Gasteiger partial charge on any atom is -0.322 e. The van der Waals surface area contributed by atoms with Gasteiger partial charge in [-0.05, 0) is 47.7 Å². The molecule has 0 radical (unpaired) electrons. The Balaban J connectivity index is 1.71. The van der Waals surface area contributed by atoms with Crippen LogP contribution in [0.15, 0.2) is 53.4 Å². The third-order valence-electron chi connectivity index (χ3n) is 3.47. The summed E-state index contributed by atoms with van der Waals surface area (Å²) in [4.78, 5) is 37.2. The standard InChI is InChI=1S/C18H12F2N2O3S/c19-12-5-3-4-11(8-12)9-15-17(24)22(18(25)26-15)10-16(23)21-14-7-2-1-6-13(14)20/h1-9H,10H2,(H,21,23)/b15-9-. The number of anilines is 1. The first-order valence-electron chi connectivity index (χ1n) is 7.49. The van der Waals surface area contributed by atoms with Crippen LogP contribution in [0.25, 0.3) is 6.08 Å². The molecule has 3 amide bonds. The molecule has 0 atom stereocenters. The molecule has 2 aromatic carbocycles. The molecule has 0 spiro atoms. The number of rotatable bonds is 4. The first kappa shape index (κ1) is 17.8. The van der Waals surface area contributed by atoms with Crippen molar-refractivity contribution in [2.24, 2.45) is 0 Å². The van der Waals surface area contributed by atoms with Crippen LogP contribution in [-0.4, -0.2) is 28.5 Å². The summed E-state index contributed by atoms with van der Waals surface area (Å²) in [5.74, 6) is -2.46. The van der Waals surface area contributed by atoms with Crippen LogP contribution in [0.3, 0.4) is 0 Å². The molecule has 26 heavy (non-hydrogen) atoms. The van der Waals surface area contributed by atoms with Gasteiger partial charge in [0.1, 0.15) is 18.2 Å². The SMILES string of the molecule is O=C(CN1C(=O)S/C(=C\c2cccc(F)c2)C1=O)Nc1ccccc1F. The maximum atomic E-state index is 13.5. The first-order chi connectivity index (χ1) is 12.4. The quantitative estimate of drug-likeness (QED) is 0.830. The zero-order valence-electron chi connectivity index (χ0n) is 13.2. The predicted octanol–water partition coefficient (Wildman–Crippen LogP) is 3.64. The summed E-state index contributed by atoms with van der Waals surface area (Å²) >= 11 is 0.656. The number of thioether (sulfide) groups is 1. The number of carbonyl (C=O) groups excluding carboxylic acids is 3. The Morgan fingerprint density at radius 3 is 2.62 bits per heavy atom. The fraction of sp³-hybridized carbons (Fsp3) is 0.0556. The van der Waals surface area contributed by atoms with Crippen molar-refractivity contribution < 1.29 is 23.2 Å². The van der Waals surface area contributed by atoms with Gasteiger partial charge in [0.25, 0.3) is 11.1 Å². The minimum atomic E-state index is -0.704. The lowest BCUT2D eigenvalue weighted by atomic mass is 10.2. The predicted molar refractivity (Wildman–Crippen MR) is 94.1 cm³/mol. The Labute approximate surface area is 151 Å². The number of carbonyl (C=O) groups is 3. The molecular formula is C18H12F2N2O3S. The van der Waals surface area contributed by atoms with Gasteiger partial charge < -0.3 is 5.32 Å². The first-order valence-corrected chi connectivity index (χ1v) is 8.31. The smallest absolute Gasteiger partial charge is 0.294 e. The van der Waals surface area contributed by atoms with Gasteiger partial charge >= 0.3 is 0 Å². The second-order valence-electron chi connectivity index (χ2n) is 5.35. The molecule has 132 valence electrons. The lowest BCUT2D eigenvalue weighted by molar-refractivity contribution is -0.127. The molecule has 0 bridgehead atoms. The highest BCUT2D eigenvalue weighted by Gasteiger charge is 2.36. The van der Waals surface area contributed by atoms with E-state index in [-0.39, 0.29) is 10.6 Å². The normalized spacial score (nSPS) is 15.6. The van der Waals surface area contributed by atoms with E-state index in [9.17, 15) is 23.2 Å². The number of nitrogens with one attached hydrogen (secondary N) is 1. The highest BCUT2D eigenvalue weighted by atomic mass is 32.2. The number of hydrogen-bond acceptors (Lipinski definition) is 4. The summed E-state index contributed by atoms with van der Waals surface area (Å²) in [6.07, 6.45) is 1.38. The van der Waals surface area contributed by atoms with Crippen molar-refractivity contribution in [3.63, 3.8) is 0 Å². The van der Waals surface area contributed by atoms with Gasteiger partial charge in [0.15, 0.2) is 0 Å². The third kappa shape index (κ3) is 3.97. The lowest BCUT2D eigenvalue weighted by Crippen LogP contribution is -2.36. The fourth-order valence-corrected chi connectivity index (χ4v) is 3.12. The fourth-order valence-electron chi connectivity index (χ4n) is 2.28. The zero-order valence-corrected chi connectivity index (χ0v) is 14.1. The van der Waals surface area contributed by atoms with Crippen molar-refractivity contribution >= 4 is 40.6 Å². The van der Waals surface area contributed by atoms with E-state index < -0.39 is 35.2 Å². The molecular weight excluding hydrogens is 362 g/mol. The van der Waals surface area contributed by atoms with E-state index in [0.29, 0.717) is 17.3 Å². The van der Waals surface area contributed by atoms with Gasteiger partial charge in [0, 0.05) is 0 Å². The third-order valence-corrected chi connectivity index (χ3v) is 4.38. The Bertz CT molecular complexity index is 930. The molecule has 1 aliphatic heterocycles. The van der Waals surface area contributed by atoms with Crippen LogP contribution in [-0.2, 0) is 9.59 Å². The number of benzene rings is 2. The van der Waals surface area contributed by atoms with Gasteiger partial charge in [-0.2, -0.15) is 0 Å². The van der Waals surface area contributed by atoms with Crippen molar-refractivity contribution in [2.75, 3.05) is 11.9 Å². The molecule has 8 heteroatoms. The minimum absolute atomic E-state index is 0.0419. The second kappa shape index (κ2) is 7.49. The van der Waals surface area contributed by atoms with Crippen LogP contribution in [0.4, 0.5) is 19.3 Å². The van der Waals surface area contributed by atoms with Crippen molar-refractivity contribution in [3.8, 4) is 0 Å². The van der Waals surface area contributed by atoms with E-state index in [1.807, 2.05) is 0 Å². The van der Waals surface area contributed by atoms with E-state index in [0.717, 1.165) is 4.90 Å². The monoisotopic (exact) mass is 374 g/mol. The van der Waals surface area contributed by atoms with Crippen LogP contribution >= 0.6 is 11.8 Å². The Hall–Kier alpha value is -3.00. The lowest BCUT2D eigenvalue weighted by Gasteiger charge is -2.12. The van der Waals surface area contributed by atoms with Crippen LogP contribution in [0.5, 0.6) is 0 Å². The Morgan fingerprint density at radius 2 is 1.88 bits per heavy atom. The van der Waals surface area contributed by atoms with Crippen molar-refractivity contribution in [2.45, 2.75) is 0 Å². The van der Waals surface area contributed by atoms with Gasteiger partial charge in [-0.3, -0.25) is 19.3 Å². The zero-order chi connectivity index (χ0) is 18.7. The summed E-state index contributed by atoms with van der Waals surface area (Å²) in [5, 5.41) is 1.69. The maximum Gasteiger partial charge on any atom is 0.294 e. The molecule has 2 aromatic rings. The van der Waals surface area contributed by atoms with Crippen molar-refractivity contribution in [3.05, 3.63) is 70.6 Å². The van der Waals surface area contributed by atoms with E-state index in [1.54, 1.807) is 12.1 Å². The molecule has 3 rings (SSSR count). The Kier molecular flexibility index (Phi) is 5.13. The van der Waals surface area contributed by atoms with E-state index in [2.05, 4.69) is 5.32 Å². The van der Waals surface area contributed by atoms with Gasteiger partial charge in [0.2, 0.25) is 5.91 Å². The number of para-hydroxylation sites is 1. The molecule has 0 aliphatic carbocycles. The van der Waals surface area contributed by atoms with Crippen LogP contribution in [0.2, 0.25) is 0 Å². The maximum absolute atomic E-state index is 13.5. The van der Waals surface area contributed by atoms with Crippen molar-refractivity contribution in [1.29, 1.82) is 0 Å². The van der Waals surface area contributed by atoms with Crippen LogP contribution in [0.1, 0.15) is 5.56 Å². The molecule has 1 heterocycles. The van der Waals surface area contributed by atoms with E-state index in [1.165, 1.54) is 42.5 Å². The second-order valence-corrected chi connectivity index (χ2v) is 6.34. The molecule has 0 aromatic heterocycles. The molecule has 0 unspecified atom stereocenters. The summed E-state index contributed by atoms with van der Waals surface area (Å²) in [7, 11) is 0. The number of nitrogens with zero attached hydrogens (tertiary/aromatic N) is 1. The van der Waals surface area contributed by atoms with E-state index >= 15 is 0 Å². The molecule has 0 saturated carbocycles. The molecule has 1 N–H and O–H groups in total. The van der Waals surface area contributed by atoms with Gasteiger partial charge in [-0.1, -0.05) is 24.3 Å². The number of hydrogen-bond donors (Lipinski definition) is 1. The number of imide groups is 1. The van der Waals surface area contributed by atoms with E-state index in [4.69, 9.17) is 0 Å². The van der Waals surface area contributed by atoms with Gasteiger partial charge in [-0.25, -0.2) is 8.78 Å². The number of amides is 3. The summed E-state index contributed by atoms with van der Waals surface area (Å²) in [5.41, 5.74) is 0.381. The number of halogens is 2. The topological polar surface area (TPSA) is 66.5 Å². The molecule has 1 aliphatic rings. The van der Waals surface area contributed by atoms with Crippen LogP contribution in [0, 0.1) is 11.6 Å². The summed E-state index contributed by atoms with van der Waals surface area (Å²) in [6.45, 7) is -0.542. The average Bonchev–Trinajstić information content (AvgIpc) is 2.84. The van der Waals surface area contributed by atoms with Crippen molar-refractivity contribution in [1.82, 2.24) is 4.90 Å².